The van der Waals surface area contributed by atoms with Crippen molar-refractivity contribution in [3.05, 3.63) is 41.2 Å². The molecular formula is C15H20O3. The number of carbonyl (C=O) groups excluding carboxylic acids is 1. The zero-order valence-electron chi connectivity index (χ0n) is 11.4. The lowest BCUT2D eigenvalue weighted by atomic mass is 10.1. The number of ether oxygens (including phenoxy) is 2. The van der Waals surface area contributed by atoms with Gasteiger partial charge >= 0.3 is 5.97 Å². The molecule has 0 radical (unpaired) electrons. The molecule has 0 saturated heterocycles. The van der Waals surface area contributed by atoms with Crippen molar-refractivity contribution in [1.29, 1.82) is 0 Å². The minimum atomic E-state index is -0.262. The summed E-state index contributed by atoms with van der Waals surface area (Å²) >= 11 is 0. The maximum Gasteiger partial charge on any atom is 0.310 e. The Kier molecular flexibility index (Phi) is 5.43. The van der Waals surface area contributed by atoms with E-state index in [1.165, 1.54) is 7.11 Å². The van der Waals surface area contributed by atoms with Crippen molar-refractivity contribution in [3.8, 4) is 5.75 Å². The average Bonchev–Trinajstić information content (AvgIpc) is 2.38. The number of hydrogen-bond donors (Lipinski definition) is 0. The first-order valence-electron chi connectivity index (χ1n) is 6.10. The maximum absolute atomic E-state index is 11.4. The van der Waals surface area contributed by atoms with Crippen LogP contribution < -0.4 is 4.74 Å². The second-order valence-corrected chi connectivity index (χ2v) is 4.07. The number of rotatable bonds is 5. The van der Waals surface area contributed by atoms with Crippen molar-refractivity contribution < 1.29 is 14.3 Å². The zero-order chi connectivity index (χ0) is 13.5. The van der Waals surface area contributed by atoms with E-state index < -0.39 is 0 Å². The molecule has 0 unspecified atom stereocenters. The van der Waals surface area contributed by atoms with Crippen LogP contribution in [0.4, 0.5) is 0 Å². The molecule has 1 aromatic rings. The van der Waals surface area contributed by atoms with Gasteiger partial charge in [0.2, 0.25) is 0 Å². The van der Waals surface area contributed by atoms with Crippen LogP contribution in [0.2, 0.25) is 0 Å². The molecule has 1 rings (SSSR count). The molecule has 0 aliphatic heterocycles. The fraction of sp³-hybridized carbons (Fsp3) is 0.400. The highest BCUT2D eigenvalue weighted by Crippen LogP contribution is 2.24. The third-order valence-electron chi connectivity index (χ3n) is 2.70. The molecule has 0 aliphatic rings. The first kappa shape index (κ1) is 14.3. The number of esters is 1. The van der Waals surface area contributed by atoms with Gasteiger partial charge in [-0.1, -0.05) is 19.1 Å². The second-order valence-electron chi connectivity index (χ2n) is 4.07. The van der Waals surface area contributed by atoms with Crippen molar-refractivity contribution in [1.82, 2.24) is 0 Å². The van der Waals surface area contributed by atoms with Crippen molar-refractivity contribution in [2.45, 2.75) is 33.6 Å². The first-order valence-corrected chi connectivity index (χ1v) is 6.10. The van der Waals surface area contributed by atoms with Crippen LogP contribution in [0.25, 0.3) is 0 Å². The molecule has 1 aromatic carbocycles. The van der Waals surface area contributed by atoms with E-state index in [1.54, 1.807) is 0 Å². The van der Waals surface area contributed by atoms with Gasteiger partial charge in [-0.05, 0) is 31.6 Å². The molecule has 3 heteroatoms. The summed E-state index contributed by atoms with van der Waals surface area (Å²) in [4.78, 5) is 11.4. The standard InChI is InChI=1S/C15H20O3/c1-5-13(6-2)18-14-9-11(3)7-8-12(14)10-15(16)17-4/h5,7-9H,6,10H2,1-4H3/b13-5+. The molecule has 0 heterocycles. The zero-order valence-corrected chi connectivity index (χ0v) is 11.4. The number of allylic oxidation sites excluding steroid dienone is 2. The summed E-state index contributed by atoms with van der Waals surface area (Å²) in [6.45, 7) is 5.97. The predicted octanol–water partition coefficient (Wildman–Crippen LogP) is 3.40. The Morgan fingerprint density at radius 1 is 1.39 bits per heavy atom. The van der Waals surface area contributed by atoms with Gasteiger partial charge in [-0.2, -0.15) is 0 Å². The summed E-state index contributed by atoms with van der Waals surface area (Å²) in [5, 5.41) is 0. The number of benzene rings is 1. The SMILES string of the molecule is C/C=C(\CC)Oc1cc(C)ccc1CC(=O)OC. The highest BCUT2D eigenvalue weighted by molar-refractivity contribution is 5.73. The van der Waals surface area contributed by atoms with Gasteiger partial charge in [0, 0.05) is 12.0 Å². The van der Waals surface area contributed by atoms with Crippen molar-refractivity contribution in [2.24, 2.45) is 0 Å². The van der Waals surface area contributed by atoms with Crippen LogP contribution in [0.15, 0.2) is 30.0 Å². The monoisotopic (exact) mass is 248 g/mol. The number of hydrogen-bond acceptors (Lipinski definition) is 3. The van der Waals surface area contributed by atoms with Gasteiger partial charge in [-0.3, -0.25) is 4.79 Å². The lowest BCUT2D eigenvalue weighted by Crippen LogP contribution is -2.07. The van der Waals surface area contributed by atoms with Crippen molar-refractivity contribution in [3.63, 3.8) is 0 Å². The molecular weight excluding hydrogens is 228 g/mol. The van der Waals surface area contributed by atoms with Gasteiger partial charge in [-0.15, -0.1) is 0 Å². The van der Waals surface area contributed by atoms with Gasteiger partial charge in [0.25, 0.3) is 0 Å². The summed E-state index contributed by atoms with van der Waals surface area (Å²) in [6, 6.07) is 5.81. The highest BCUT2D eigenvalue weighted by Gasteiger charge is 2.10. The van der Waals surface area contributed by atoms with Crippen molar-refractivity contribution >= 4 is 5.97 Å². The quantitative estimate of drug-likeness (QED) is 0.591. The molecule has 0 saturated carbocycles. The van der Waals surface area contributed by atoms with Crippen LogP contribution >= 0.6 is 0 Å². The fourth-order valence-electron chi connectivity index (χ4n) is 1.61. The molecule has 0 atom stereocenters. The van der Waals surface area contributed by atoms with Crippen LogP contribution in [0.1, 0.15) is 31.4 Å². The summed E-state index contributed by atoms with van der Waals surface area (Å²) in [5.74, 6) is 1.37. The minimum Gasteiger partial charge on any atom is -0.469 e. The third-order valence-corrected chi connectivity index (χ3v) is 2.70. The molecule has 0 amide bonds. The Hall–Kier alpha value is -1.77. The molecule has 0 fully saturated rings. The average molecular weight is 248 g/mol. The van der Waals surface area contributed by atoms with E-state index in [2.05, 4.69) is 4.74 Å². The lowest BCUT2D eigenvalue weighted by molar-refractivity contribution is -0.139. The molecule has 0 aromatic heterocycles. The topological polar surface area (TPSA) is 35.5 Å². The van der Waals surface area contributed by atoms with Gasteiger partial charge in [0.15, 0.2) is 0 Å². The molecule has 0 bridgehead atoms. The Morgan fingerprint density at radius 3 is 2.67 bits per heavy atom. The smallest absolute Gasteiger partial charge is 0.310 e. The Morgan fingerprint density at radius 2 is 2.11 bits per heavy atom. The summed E-state index contributed by atoms with van der Waals surface area (Å²) < 4.78 is 10.5. The van der Waals surface area contributed by atoms with Crippen LogP contribution in [-0.2, 0) is 16.0 Å². The molecule has 0 aliphatic carbocycles. The number of carbonyl (C=O) groups is 1. The van der Waals surface area contributed by atoms with Gasteiger partial charge in [-0.25, -0.2) is 0 Å². The molecule has 0 spiro atoms. The van der Waals surface area contributed by atoms with Gasteiger partial charge in [0.1, 0.15) is 5.75 Å². The van der Waals surface area contributed by atoms with Crippen LogP contribution in [0, 0.1) is 6.92 Å². The Balaban J connectivity index is 2.99. The summed E-state index contributed by atoms with van der Waals surface area (Å²) in [7, 11) is 1.39. The summed E-state index contributed by atoms with van der Waals surface area (Å²) in [5.41, 5.74) is 1.95. The van der Waals surface area contributed by atoms with E-state index in [9.17, 15) is 4.79 Å². The Bertz CT molecular complexity index is 447. The van der Waals surface area contributed by atoms with Crippen LogP contribution in [-0.4, -0.2) is 13.1 Å². The Labute approximate surface area is 108 Å². The van der Waals surface area contributed by atoms with E-state index in [0.29, 0.717) is 0 Å². The third kappa shape index (κ3) is 3.91. The van der Waals surface area contributed by atoms with E-state index in [4.69, 9.17) is 4.74 Å². The van der Waals surface area contributed by atoms with E-state index in [1.807, 2.05) is 45.0 Å². The van der Waals surface area contributed by atoms with E-state index in [-0.39, 0.29) is 12.4 Å². The second kappa shape index (κ2) is 6.84. The maximum atomic E-state index is 11.4. The molecule has 0 N–H and O–H groups in total. The lowest BCUT2D eigenvalue weighted by Gasteiger charge is -2.13. The molecule has 3 nitrogen and oxygen atoms in total. The molecule has 98 valence electrons. The van der Waals surface area contributed by atoms with Gasteiger partial charge in [0.05, 0.1) is 19.3 Å². The largest absolute Gasteiger partial charge is 0.469 e. The molecule has 18 heavy (non-hydrogen) atoms. The highest BCUT2D eigenvalue weighted by atomic mass is 16.5. The van der Waals surface area contributed by atoms with Gasteiger partial charge < -0.3 is 9.47 Å². The van der Waals surface area contributed by atoms with Crippen molar-refractivity contribution in [2.75, 3.05) is 7.11 Å². The predicted molar refractivity (Wildman–Crippen MR) is 71.6 cm³/mol. The fourth-order valence-corrected chi connectivity index (χ4v) is 1.61. The number of methoxy groups -OCH3 is 1. The van der Waals surface area contributed by atoms with E-state index >= 15 is 0 Å². The minimum absolute atomic E-state index is 0.229. The van der Waals surface area contributed by atoms with Crippen LogP contribution in [0.3, 0.4) is 0 Å². The summed E-state index contributed by atoms with van der Waals surface area (Å²) in [6.07, 6.45) is 2.99. The number of aryl methyl sites for hydroxylation is 1. The van der Waals surface area contributed by atoms with Crippen LogP contribution in [0.5, 0.6) is 5.75 Å². The van der Waals surface area contributed by atoms with E-state index in [0.717, 1.165) is 29.1 Å². The normalized spacial score (nSPS) is 11.2. The first-order chi connectivity index (χ1) is 8.60.